The number of carbonyl (C=O) groups excluding carboxylic acids is 1. The van der Waals surface area contributed by atoms with Crippen LogP contribution in [0.25, 0.3) is 0 Å². The molecule has 3 nitrogen and oxygen atoms in total. The first-order chi connectivity index (χ1) is 6.33. The van der Waals surface area contributed by atoms with Crippen LogP contribution in [0.2, 0.25) is 0 Å². The number of ether oxygens (including phenoxy) is 1. The number of morpholine rings is 1. The van der Waals surface area contributed by atoms with Crippen LogP contribution in [0.3, 0.4) is 0 Å². The summed E-state index contributed by atoms with van der Waals surface area (Å²) in [6.07, 6.45) is 0.906. The maximum absolute atomic E-state index is 11.3. The summed E-state index contributed by atoms with van der Waals surface area (Å²) in [6.45, 7) is 3.98. The average Bonchev–Trinajstić information content (AvgIpc) is 2.16. The molecule has 1 fully saturated rings. The molecule has 1 atom stereocenters. The van der Waals surface area contributed by atoms with Crippen LogP contribution in [0.5, 0.6) is 0 Å². The third kappa shape index (κ3) is 4.07. The molecule has 1 rings (SSSR count). The monoisotopic (exact) mass is 181 g/mol. The van der Waals surface area contributed by atoms with Gasteiger partial charge in [-0.2, -0.15) is 0 Å². The molecule has 0 aromatic rings. The molecule has 0 saturated carbocycles. The molecule has 1 heterocycles. The summed E-state index contributed by atoms with van der Waals surface area (Å²) >= 11 is 0. The summed E-state index contributed by atoms with van der Waals surface area (Å²) in [5.41, 5.74) is 0. The molecule has 0 aromatic carbocycles. The Morgan fingerprint density at radius 2 is 2.54 bits per heavy atom. The standard InChI is InChI=1S/C10H15NO2/c1-2-3-4-10(12)7-9-8-13-6-5-11-9/h9,11H,4-8H2,1H3. The maximum atomic E-state index is 11.3. The van der Waals surface area contributed by atoms with Crippen molar-refractivity contribution in [1.82, 2.24) is 5.32 Å². The smallest absolute Gasteiger partial charge is 0.146 e. The van der Waals surface area contributed by atoms with Crippen LogP contribution in [0.15, 0.2) is 0 Å². The summed E-state index contributed by atoms with van der Waals surface area (Å²) < 4.78 is 5.24. The third-order valence-electron chi connectivity index (χ3n) is 1.93. The van der Waals surface area contributed by atoms with Crippen LogP contribution in [-0.4, -0.2) is 31.6 Å². The second-order valence-electron chi connectivity index (χ2n) is 3.07. The van der Waals surface area contributed by atoms with E-state index in [1.807, 2.05) is 0 Å². The van der Waals surface area contributed by atoms with Gasteiger partial charge in [0, 0.05) is 19.0 Å². The lowest BCUT2D eigenvalue weighted by molar-refractivity contribution is -0.119. The highest BCUT2D eigenvalue weighted by Gasteiger charge is 2.15. The minimum Gasteiger partial charge on any atom is -0.379 e. The van der Waals surface area contributed by atoms with Gasteiger partial charge in [-0.3, -0.25) is 4.79 Å². The van der Waals surface area contributed by atoms with Crippen LogP contribution < -0.4 is 5.32 Å². The van der Waals surface area contributed by atoms with Gasteiger partial charge in [0.2, 0.25) is 0 Å². The van der Waals surface area contributed by atoms with Crippen molar-refractivity contribution in [3.8, 4) is 11.8 Å². The molecule has 13 heavy (non-hydrogen) atoms. The Bertz CT molecular complexity index is 221. The molecule has 0 aliphatic carbocycles. The quantitative estimate of drug-likeness (QED) is 0.638. The molecule has 72 valence electrons. The van der Waals surface area contributed by atoms with E-state index >= 15 is 0 Å². The van der Waals surface area contributed by atoms with E-state index in [4.69, 9.17) is 4.74 Å². The van der Waals surface area contributed by atoms with Crippen molar-refractivity contribution >= 4 is 5.78 Å². The van der Waals surface area contributed by atoms with Crippen LogP contribution in [0.4, 0.5) is 0 Å². The largest absolute Gasteiger partial charge is 0.379 e. The highest BCUT2D eigenvalue weighted by molar-refractivity contribution is 5.81. The SMILES string of the molecule is CC#CCC(=O)CC1COCCN1. The van der Waals surface area contributed by atoms with E-state index in [0.29, 0.717) is 19.4 Å². The zero-order chi connectivity index (χ0) is 9.52. The lowest BCUT2D eigenvalue weighted by Crippen LogP contribution is -2.42. The predicted octanol–water partition coefficient (Wildman–Crippen LogP) is 0.347. The molecule has 0 aromatic heterocycles. The van der Waals surface area contributed by atoms with Gasteiger partial charge in [0.25, 0.3) is 0 Å². The Hall–Kier alpha value is -0.850. The van der Waals surface area contributed by atoms with Crippen molar-refractivity contribution in [2.75, 3.05) is 19.8 Å². The second kappa shape index (κ2) is 5.74. The number of nitrogens with one attached hydrogen (secondary N) is 1. The minimum atomic E-state index is 0.192. The van der Waals surface area contributed by atoms with E-state index in [-0.39, 0.29) is 11.8 Å². The number of hydrogen-bond donors (Lipinski definition) is 1. The normalized spacial score (nSPS) is 21.8. The van der Waals surface area contributed by atoms with Gasteiger partial charge in [0.05, 0.1) is 19.6 Å². The van der Waals surface area contributed by atoms with Gasteiger partial charge in [-0.1, -0.05) is 5.92 Å². The first-order valence-electron chi connectivity index (χ1n) is 4.55. The van der Waals surface area contributed by atoms with Gasteiger partial charge in [-0.05, 0) is 6.92 Å². The van der Waals surface area contributed by atoms with Gasteiger partial charge < -0.3 is 10.1 Å². The lowest BCUT2D eigenvalue weighted by Gasteiger charge is -2.22. The first-order valence-corrected chi connectivity index (χ1v) is 4.55. The molecule has 0 radical (unpaired) electrons. The zero-order valence-electron chi connectivity index (χ0n) is 7.93. The summed E-state index contributed by atoms with van der Waals surface area (Å²) in [7, 11) is 0. The van der Waals surface area contributed by atoms with Crippen LogP contribution in [0, 0.1) is 11.8 Å². The Kier molecular flexibility index (Phi) is 4.52. The molecule has 1 unspecified atom stereocenters. The molecule has 1 N–H and O–H groups in total. The Morgan fingerprint density at radius 1 is 1.69 bits per heavy atom. The molecule has 0 bridgehead atoms. The molecular formula is C10H15NO2. The number of ketones is 1. The van der Waals surface area contributed by atoms with Gasteiger partial charge in [0.15, 0.2) is 0 Å². The topological polar surface area (TPSA) is 38.3 Å². The van der Waals surface area contributed by atoms with E-state index < -0.39 is 0 Å². The number of hydrogen-bond acceptors (Lipinski definition) is 3. The summed E-state index contributed by atoms with van der Waals surface area (Å²) in [5.74, 6) is 5.67. The van der Waals surface area contributed by atoms with Crippen LogP contribution >= 0.6 is 0 Å². The fourth-order valence-electron chi connectivity index (χ4n) is 1.28. The molecule has 3 heteroatoms. The van der Waals surface area contributed by atoms with Gasteiger partial charge >= 0.3 is 0 Å². The van der Waals surface area contributed by atoms with E-state index in [1.165, 1.54) is 0 Å². The van der Waals surface area contributed by atoms with Crippen molar-refractivity contribution in [3.05, 3.63) is 0 Å². The first kappa shape index (κ1) is 10.2. The van der Waals surface area contributed by atoms with Crippen molar-refractivity contribution in [2.45, 2.75) is 25.8 Å². The zero-order valence-corrected chi connectivity index (χ0v) is 7.93. The predicted molar refractivity (Wildman–Crippen MR) is 50.3 cm³/mol. The average molecular weight is 181 g/mol. The highest BCUT2D eigenvalue weighted by atomic mass is 16.5. The van der Waals surface area contributed by atoms with Crippen molar-refractivity contribution < 1.29 is 9.53 Å². The van der Waals surface area contributed by atoms with Crippen molar-refractivity contribution in [2.24, 2.45) is 0 Å². The van der Waals surface area contributed by atoms with Crippen LogP contribution in [0.1, 0.15) is 19.8 Å². The Morgan fingerprint density at radius 3 is 3.15 bits per heavy atom. The Labute approximate surface area is 78.8 Å². The summed E-state index contributed by atoms with van der Waals surface area (Å²) in [5, 5.41) is 3.23. The van der Waals surface area contributed by atoms with Gasteiger partial charge in [-0.25, -0.2) is 0 Å². The van der Waals surface area contributed by atoms with Crippen molar-refractivity contribution in [1.29, 1.82) is 0 Å². The Balaban J connectivity index is 2.20. The fraction of sp³-hybridized carbons (Fsp3) is 0.700. The van der Waals surface area contributed by atoms with E-state index in [9.17, 15) is 4.79 Å². The summed E-state index contributed by atoms with van der Waals surface area (Å²) in [4.78, 5) is 11.3. The second-order valence-corrected chi connectivity index (χ2v) is 3.07. The molecule has 1 saturated heterocycles. The summed E-state index contributed by atoms with van der Waals surface area (Å²) in [6, 6.07) is 0.194. The van der Waals surface area contributed by atoms with Crippen molar-refractivity contribution in [3.63, 3.8) is 0 Å². The van der Waals surface area contributed by atoms with Gasteiger partial charge in [0.1, 0.15) is 5.78 Å². The van der Waals surface area contributed by atoms with Gasteiger partial charge in [-0.15, -0.1) is 5.92 Å². The molecule has 0 amide bonds. The molecular weight excluding hydrogens is 166 g/mol. The number of rotatable bonds is 3. The van der Waals surface area contributed by atoms with E-state index in [0.717, 1.165) is 13.2 Å². The number of Topliss-reactive ketones (excluding diaryl/α,β-unsaturated/α-hetero) is 1. The fourth-order valence-corrected chi connectivity index (χ4v) is 1.28. The molecule has 1 aliphatic heterocycles. The van der Waals surface area contributed by atoms with E-state index in [1.54, 1.807) is 6.92 Å². The lowest BCUT2D eigenvalue weighted by atomic mass is 10.1. The molecule has 0 spiro atoms. The number of carbonyl (C=O) groups is 1. The maximum Gasteiger partial charge on any atom is 0.146 e. The van der Waals surface area contributed by atoms with E-state index in [2.05, 4.69) is 17.2 Å². The molecule has 1 aliphatic rings. The minimum absolute atomic E-state index is 0.192. The van der Waals surface area contributed by atoms with Crippen LogP contribution in [-0.2, 0) is 9.53 Å². The third-order valence-corrected chi connectivity index (χ3v) is 1.93. The highest BCUT2D eigenvalue weighted by Crippen LogP contribution is 2.00.